The number of hydrogen-bond donors (Lipinski definition) is 1. The van der Waals surface area contributed by atoms with Crippen molar-refractivity contribution in [3.8, 4) is 0 Å². The zero-order chi connectivity index (χ0) is 11.4. The van der Waals surface area contributed by atoms with Crippen molar-refractivity contribution in [2.24, 2.45) is 11.0 Å². The normalized spacial score (nSPS) is 11.9. The monoisotopic (exact) mass is 208 g/mol. The second-order valence-electron chi connectivity index (χ2n) is 3.74. The highest BCUT2D eigenvalue weighted by molar-refractivity contribution is 5.96. The Morgan fingerprint density at radius 2 is 2.20 bits per heavy atom. The van der Waals surface area contributed by atoms with Crippen LogP contribution in [0.5, 0.6) is 0 Å². The van der Waals surface area contributed by atoms with E-state index in [2.05, 4.69) is 10.5 Å². The molecule has 0 aliphatic carbocycles. The Kier molecular flexibility index (Phi) is 3.66. The second-order valence-corrected chi connectivity index (χ2v) is 3.74. The van der Waals surface area contributed by atoms with E-state index in [1.807, 2.05) is 20.8 Å². The van der Waals surface area contributed by atoms with Gasteiger partial charge in [-0.3, -0.25) is 4.79 Å². The Hall–Kier alpha value is -1.58. The predicted molar refractivity (Wildman–Crippen MR) is 58.9 cm³/mol. The SMILES string of the molecule is C/C(=N\NC(=O)c1ccoc1C)C(C)C. The maximum Gasteiger partial charge on any atom is 0.274 e. The number of aryl methyl sites for hydroxylation is 1. The molecule has 15 heavy (non-hydrogen) atoms. The number of amides is 1. The number of rotatable bonds is 3. The van der Waals surface area contributed by atoms with Crippen LogP contribution in [0, 0.1) is 12.8 Å². The van der Waals surface area contributed by atoms with E-state index in [0.717, 1.165) is 5.71 Å². The van der Waals surface area contributed by atoms with Crippen molar-refractivity contribution in [1.29, 1.82) is 0 Å². The van der Waals surface area contributed by atoms with Gasteiger partial charge in [0.25, 0.3) is 5.91 Å². The lowest BCUT2D eigenvalue weighted by molar-refractivity contribution is 0.0953. The molecule has 0 aromatic carbocycles. The van der Waals surface area contributed by atoms with Gasteiger partial charge in [0.05, 0.1) is 11.8 Å². The molecule has 0 saturated heterocycles. The van der Waals surface area contributed by atoms with Crippen LogP contribution in [0.3, 0.4) is 0 Å². The van der Waals surface area contributed by atoms with Crippen molar-refractivity contribution in [3.05, 3.63) is 23.7 Å². The Bertz CT molecular complexity index is 378. The molecule has 1 amide bonds. The van der Waals surface area contributed by atoms with Gasteiger partial charge in [-0.1, -0.05) is 13.8 Å². The topological polar surface area (TPSA) is 54.6 Å². The highest BCUT2D eigenvalue weighted by atomic mass is 16.3. The fourth-order valence-corrected chi connectivity index (χ4v) is 0.949. The first kappa shape index (κ1) is 11.5. The van der Waals surface area contributed by atoms with Crippen molar-refractivity contribution < 1.29 is 9.21 Å². The van der Waals surface area contributed by atoms with Crippen molar-refractivity contribution in [3.63, 3.8) is 0 Å². The van der Waals surface area contributed by atoms with Crippen LogP contribution in [0.25, 0.3) is 0 Å². The van der Waals surface area contributed by atoms with Crippen LogP contribution in [0.15, 0.2) is 21.8 Å². The van der Waals surface area contributed by atoms with E-state index in [4.69, 9.17) is 4.42 Å². The number of carbonyl (C=O) groups excluding carboxylic acids is 1. The number of furan rings is 1. The molecule has 82 valence electrons. The summed E-state index contributed by atoms with van der Waals surface area (Å²) in [7, 11) is 0. The van der Waals surface area contributed by atoms with Gasteiger partial charge < -0.3 is 4.42 Å². The van der Waals surface area contributed by atoms with Crippen LogP contribution >= 0.6 is 0 Å². The number of hydrogen-bond acceptors (Lipinski definition) is 3. The molecule has 4 heteroatoms. The summed E-state index contributed by atoms with van der Waals surface area (Å²) in [6, 6.07) is 1.63. The summed E-state index contributed by atoms with van der Waals surface area (Å²) in [4.78, 5) is 11.6. The molecule has 0 fully saturated rings. The molecule has 0 atom stereocenters. The van der Waals surface area contributed by atoms with E-state index in [1.54, 1.807) is 13.0 Å². The second kappa shape index (κ2) is 4.77. The van der Waals surface area contributed by atoms with E-state index in [9.17, 15) is 4.79 Å². The first-order chi connectivity index (χ1) is 7.02. The van der Waals surface area contributed by atoms with Gasteiger partial charge in [-0.05, 0) is 25.8 Å². The molecule has 0 radical (unpaired) electrons. The number of hydrazone groups is 1. The highest BCUT2D eigenvalue weighted by Crippen LogP contribution is 2.08. The fourth-order valence-electron chi connectivity index (χ4n) is 0.949. The van der Waals surface area contributed by atoms with Crippen LogP contribution in [0.4, 0.5) is 0 Å². The van der Waals surface area contributed by atoms with Crippen LogP contribution in [0.1, 0.15) is 36.9 Å². The highest BCUT2D eigenvalue weighted by Gasteiger charge is 2.10. The lowest BCUT2D eigenvalue weighted by Crippen LogP contribution is -2.20. The van der Waals surface area contributed by atoms with Gasteiger partial charge in [0.15, 0.2) is 0 Å². The van der Waals surface area contributed by atoms with Gasteiger partial charge in [0.1, 0.15) is 5.76 Å². The Balaban J connectivity index is 2.66. The molecule has 0 spiro atoms. The molecule has 0 bridgehead atoms. The summed E-state index contributed by atoms with van der Waals surface area (Å²) >= 11 is 0. The molecule has 1 aromatic rings. The van der Waals surface area contributed by atoms with Gasteiger partial charge in [-0.2, -0.15) is 5.10 Å². The van der Waals surface area contributed by atoms with Gasteiger partial charge in [-0.25, -0.2) is 5.43 Å². The van der Waals surface area contributed by atoms with Crippen LogP contribution in [0.2, 0.25) is 0 Å². The molecule has 4 nitrogen and oxygen atoms in total. The lowest BCUT2D eigenvalue weighted by Gasteiger charge is -2.04. The average molecular weight is 208 g/mol. The lowest BCUT2D eigenvalue weighted by atomic mass is 10.1. The Labute approximate surface area is 89.4 Å². The fraction of sp³-hybridized carbons (Fsp3) is 0.455. The first-order valence-corrected chi connectivity index (χ1v) is 4.91. The van der Waals surface area contributed by atoms with E-state index in [-0.39, 0.29) is 5.91 Å². The Morgan fingerprint density at radius 1 is 1.53 bits per heavy atom. The van der Waals surface area contributed by atoms with Crippen LogP contribution < -0.4 is 5.43 Å². The minimum absolute atomic E-state index is 0.235. The zero-order valence-electron chi connectivity index (χ0n) is 9.50. The summed E-state index contributed by atoms with van der Waals surface area (Å²) < 4.78 is 5.03. The molecular formula is C11H16N2O2. The summed E-state index contributed by atoms with van der Waals surface area (Å²) in [6.45, 7) is 7.67. The van der Waals surface area contributed by atoms with Gasteiger partial charge in [0, 0.05) is 5.71 Å². The van der Waals surface area contributed by atoms with Crippen molar-refractivity contribution >= 4 is 11.6 Å². The van der Waals surface area contributed by atoms with Gasteiger partial charge >= 0.3 is 0 Å². The molecule has 1 N–H and O–H groups in total. The molecule has 0 saturated carbocycles. The third-order valence-electron chi connectivity index (χ3n) is 2.27. The maximum atomic E-state index is 11.6. The maximum absolute atomic E-state index is 11.6. The summed E-state index contributed by atoms with van der Waals surface area (Å²) in [5, 5.41) is 4.00. The number of nitrogens with one attached hydrogen (secondary N) is 1. The smallest absolute Gasteiger partial charge is 0.274 e. The number of nitrogens with zero attached hydrogens (tertiary/aromatic N) is 1. The standard InChI is InChI=1S/C11H16N2O2/c1-7(2)8(3)12-13-11(14)10-5-6-15-9(10)4/h5-7H,1-4H3,(H,13,14)/b12-8+. The van der Waals surface area contributed by atoms with Gasteiger partial charge in [0.2, 0.25) is 0 Å². The Morgan fingerprint density at radius 3 is 2.67 bits per heavy atom. The predicted octanol–water partition coefficient (Wildman–Crippen LogP) is 2.35. The largest absolute Gasteiger partial charge is 0.469 e. The quantitative estimate of drug-likeness (QED) is 0.612. The first-order valence-electron chi connectivity index (χ1n) is 4.91. The number of carbonyl (C=O) groups is 1. The molecular weight excluding hydrogens is 192 g/mol. The third kappa shape index (κ3) is 2.94. The zero-order valence-corrected chi connectivity index (χ0v) is 9.50. The molecule has 1 aromatic heterocycles. The third-order valence-corrected chi connectivity index (χ3v) is 2.27. The minimum atomic E-state index is -0.235. The van der Waals surface area contributed by atoms with Crippen molar-refractivity contribution in [2.75, 3.05) is 0 Å². The van der Waals surface area contributed by atoms with Crippen molar-refractivity contribution in [1.82, 2.24) is 5.43 Å². The molecule has 1 rings (SSSR count). The molecule has 0 aliphatic heterocycles. The van der Waals surface area contributed by atoms with Crippen LogP contribution in [-0.2, 0) is 0 Å². The summed E-state index contributed by atoms with van der Waals surface area (Å²) in [6.07, 6.45) is 1.49. The van der Waals surface area contributed by atoms with E-state index in [0.29, 0.717) is 17.2 Å². The summed E-state index contributed by atoms with van der Waals surface area (Å²) in [5.41, 5.74) is 3.91. The minimum Gasteiger partial charge on any atom is -0.469 e. The van der Waals surface area contributed by atoms with E-state index < -0.39 is 0 Å². The van der Waals surface area contributed by atoms with E-state index >= 15 is 0 Å². The van der Waals surface area contributed by atoms with E-state index in [1.165, 1.54) is 6.26 Å². The molecule has 0 unspecified atom stereocenters. The molecule has 0 aliphatic rings. The van der Waals surface area contributed by atoms with Crippen molar-refractivity contribution in [2.45, 2.75) is 27.7 Å². The summed E-state index contributed by atoms with van der Waals surface area (Å²) in [5.74, 6) is 0.696. The van der Waals surface area contributed by atoms with Gasteiger partial charge in [-0.15, -0.1) is 0 Å². The average Bonchev–Trinajstić information content (AvgIpc) is 2.60. The molecule has 1 heterocycles. The van der Waals surface area contributed by atoms with Crippen LogP contribution in [-0.4, -0.2) is 11.6 Å².